The van der Waals surface area contributed by atoms with Crippen LogP contribution in [0, 0.1) is 13.8 Å². The average molecular weight is 363 g/mol. The summed E-state index contributed by atoms with van der Waals surface area (Å²) in [5.74, 6) is 0. The van der Waals surface area contributed by atoms with Gasteiger partial charge < -0.3 is 0 Å². The van der Waals surface area contributed by atoms with E-state index in [0.29, 0.717) is 0 Å². The highest BCUT2D eigenvalue weighted by Gasteiger charge is 2.19. The lowest BCUT2D eigenvalue weighted by atomic mass is 9.96. The fourth-order valence-electron chi connectivity index (χ4n) is 4.00. The normalized spacial score (nSPS) is 11.4. The molecule has 0 unspecified atom stereocenters. The Bertz CT molecular complexity index is 1290. The number of aromatic nitrogens is 3. The summed E-state index contributed by atoms with van der Waals surface area (Å²) in [6, 6.07) is 27.6. The number of benzene rings is 3. The molecule has 0 N–H and O–H groups in total. The minimum Gasteiger partial charge on any atom is -0.233 e. The SMILES string of the molecule is Cc1cc(C)n2nc(Cc3ccccc3)c(-c3cccc4ccccc34)c2n1. The molecule has 0 aliphatic heterocycles. The van der Waals surface area contributed by atoms with E-state index in [4.69, 9.17) is 10.1 Å². The molecule has 5 rings (SSSR count). The van der Waals surface area contributed by atoms with Gasteiger partial charge in [-0.05, 0) is 41.8 Å². The van der Waals surface area contributed by atoms with Crippen LogP contribution in [0.4, 0.5) is 0 Å². The van der Waals surface area contributed by atoms with Crippen LogP contribution in [0.25, 0.3) is 27.5 Å². The molecule has 0 amide bonds. The van der Waals surface area contributed by atoms with Crippen molar-refractivity contribution in [1.82, 2.24) is 14.6 Å². The minimum absolute atomic E-state index is 0.779. The topological polar surface area (TPSA) is 30.2 Å². The zero-order valence-electron chi connectivity index (χ0n) is 16.1. The van der Waals surface area contributed by atoms with Crippen LogP contribution in [0.5, 0.6) is 0 Å². The highest BCUT2D eigenvalue weighted by atomic mass is 15.3. The smallest absolute Gasteiger partial charge is 0.163 e. The Hall–Kier alpha value is -3.46. The predicted molar refractivity (Wildman–Crippen MR) is 115 cm³/mol. The molecule has 0 aliphatic rings. The third-order valence-electron chi connectivity index (χ3n) is 5.24. The number of hydrogen-bond donors (Lipinski definition) is 0. The fourth-order valence-corrected chi connectivity index (χ4v) is 4.00. The number of rotatable bonds is 3. The molecule has 3 heteroatoms. The fraction of sp³-hybridized carbons (Fsp3) is 0.120. The Morgan fingerprint density at radius 1 is 0.821 bits per heavy atom. The van der Waals surface area contributed by atoms with Gasteiger partial charge in [0, 0.05) is 17.8 Å². The van der Waals surface area contributed by atoms with Crippen LogP contribution in [-0.4, -0.2) is 14.6 Å². The molecule has 0 saturated carbocycles. The van der Waals surface area contributed by atoms with E-state index in [9.17, 15) is 0 Å². The van der Waals surface area contributed by atoms with Gasteiger partial charge in [0.05, 0.1) is 11.3 Å². The standard InChI is InChI=1S/C25H21N3/c1-17-15-18(2)28-25(26-17)24(23(27-28)16-19-9-4-3-5-10-19)22-14-8-12-20-11-6-7-13-21(20)22/h3-15H,16H2,1-2H3. The first-order valence-corrected chi connectivity index (χ1v) is 9.58. The Balaban J connectivity index is 1.84. The number of aryl methyl sites for hydroxylation is 2. The minimum atomic E-state index is 0.779. The molecule has 3 nitrogen and oxygen atoms in total. The third kappa shape index (κ3) is 2.76. The highest BCUT2D eigenvalue weighted by Crippen LogP contribution is 2.35. The van der Waals surface area contributed by atoms with Crippen molar-refractivity contribution in [3.05, 3.63) is 102 Å². The van der Waals surface area contributed by atoms with Crippen LogP contribution in [0.2, 0.25) is 0 Å². The van der Waals surface area contributed by atoms with Gasteiger partial charge in [-0.15, -0.1) is 0 Å². The van der Waals surface area contributed by atoms with Crippen LogP contribution in [0.3, 0.4) is 0 Å². The third-order valence-corrected chi connectivity index (χ3v) is 5.24. The van der Waals surface area contributed by atoms with Gasteiger partial charge in [0.1, 0.15) is 0 Å². The lowest BCUT2D eigenvalue weighted by molar-refractivity contribution is 0.856. The summed E-state index contributed by atoms with van der Waals surface area (Å²) < 4.78 is 1.99. The Morgan fingerprint density at radius 3 is 2.43 bits per heavy atom. The molecule has 0 spiro atoms. The van der Waals surface area contributed by atoms with Crippen LogP contribution >= 0.6 is 0 Å². The van der Waals surface area contributed by atoms with Crippen molar-refractivity contribution in [2.75, 3.05) is 0 Å². The van der Waals surface area contributed by atoms with E-state index in [-0.39, 0.29) is 0 Å². The van der Waals surface area contributed by atoms with Gasteiger partial charge in [-0.2, -0.15) is 5.10 Å². The summed E-state index contributed by atoms with van der Waals surface area (Å²) in [4.78, 5) is 4.88. The Kier molecular flexibility index (Phi) is 3.94. The number of hydrogen-bond acceptors (Lipinski definition) is 2. The second kappa shape index (κ2) is 6.61. The van der Waals surface area contributed by atoms with Crippen molar-refractivity contribution in [3.63, 3.8) is 0 Å². The van der Waals surface area contributed by atoms with Gasteiger partial charge in [0.15, 0.2) is 5.65 Å². The number of fused-ring (bicyclic) bond motifs is 2. The molecule has 0 atom stereocenters. The number of nitrogens with zero attached hydrogens (tertiary/aromatic N) is 3. The van der Waals surface area contributed by atoms with Gasteiger partial charge in [0.25, 0.3) is 0 Å². The van der Waals surface area contributed by atoms with Gasteiger partial charge in [-0.3, -0.25) is 0 Å². The largest absolute Gasteiger partial charge is 0.233 e. The van der Waals surface area contributed by atoms with Crippen molar-refractivity contribution < 1.29 is 0 Å². The second-order valence-electron chi connectivity index (χ2n) is 7.29. The maximum Gasteiger partial charge on any atom is 0.163 e. The molecule has 2 heterocycles. The van der Waals surface area contributed by atoms with Crippen molar-refractivity contribution in [2.45, 2.75) is 20.3 Å². The monoisotopic (exact) mass is 363 g/mol. The van der Waals surface area contributed by atoms with Gasteiger partial charge >= 0.3 is 0 Å². The summed E-state index contributed by atoms with van der Waals surface area (Å²) in [5, 5.41) is 7.45. The Labute approximate surface area is 164 Å². The summed E-state index contributed by atoms with van der Waals surface area (Å²) in [5.41, 5.74) is 7.68. The van der Waals surface area contributed by atoms with E-state index in [1.165, 1.54) is 21.9 Å². The first kappa shape index (κ1) is 16.7. The quantitative estimate of drug-likeness (QED) is 0.408. The molecule has 28 heavy (non-hydrogen) atoms. The molecular weight excluding hydrogens is 342 g/mol. The average Bonchev–Trinajstić information content (AvgIpc) is 3.06. The summed E-state index contributed by atoms with van der Waals surface area (Å²) >= 11 is 0. The highest BCUT2D eigenvalue weighted by molar-refractivity contribution is 6.00. The molecular formula is C25H21N3. The molecule has 0 radical (unpaired) electrons. The molecule has 0 aliphatic carbocycles. The molecule has 136 valence electrons. The van der Waals surface area contributed by atoms with Crippen molar-refractivity contribution in [3.8, 4) is 11.1 Å². The Morgan fingerprint density at radius 2 is 1.57 bits per heavy atom. The molecule has 5 aromatic rings. The maximum absolute atomic E-state index is 4.99. The molecule has 0 fully saturated rings. The van der Waals surface area contributed by atoms with Gasteiger partial charge in [0.2, 0.25) is 0 Å². The lowest BCUT2D eigenvalue weighted by Gasteiger charge is -2.08. The van der Waals surface area contributed by atoms with E-state index >= 15 is 0 Å². The molecule has 0 bridgehead atoms. The van der Waals surface area contributed by atoms with E-state index in [0.717, 1.165) is 34.7 Å². The van der Waals surface area contributed by atoms with E-state index in [1.54, 1.807) is 0 Å². The van der Waals surface area contributed by atoms with Crippen LogP contribution in [0.1, 0.15) is 22.6 Å². The van der Waals surface area contributed by atoms with Crippen LogP contribution in [-0.2, 0) is 6.42 Å². The van der Waals surface area contributed by atoms with Crippen molar-refractivity contribution in [1.29, 1.82) is 0 Å². The summed E-state index contributed by atoms with van der Waals surface area (Å²) in [6.45, 7) is 4.14. The van der Waals surface area contributed by atoms with Crippen molar-refractivity contribution in [2.24, 2.45) is 0 Å². The predicted octanol–water partition coefficient (Wildman–Crippen LogP) is 5.76. The van der Waals surface area contributed by atoms with Crippen LogP contribution < -0.4 is 0 Å². The zero-order valence-corrected chi connectivity index (χ0v) is 16.1. The first-order valence-electron chi connectivity index (χ1n) is 9.58. The van der Waals surface area contributed by atoms with Gasteiger partial charge in [-0.25, -0.2) is 9.50 Å². The zero-order chi connectivity index (χ0) is 19.1. The first-order chi connectivity index (χ1) is 13.7. The molecule has 3 aromatic carbocycles. The summed E-state index contributed by atoms with van der Waals surface area (Å²) in [7, 11) is 0. The molecule has 2 aromatic heterocycles. The lowest BCUT2D eigenvalue weighted by Crippen LogP contribution is -1.97. The van der Waals surface area contributed by atoms with Gasteiger partial charge in [-0.1, -0.05) is 72.8 Å². The maximum atomic E-state index is 4.99. The second-order valence-corrected chi connectivity index (χ2v) is 7.29. The molecule has 0 saturated heterocycles. The van der Waals surface area contributed by atoms with E-state index < -0.39 is 0 Å². The van der Waals surface area contributed by atoms with Crippen LogP contribution in [0.15, 0.2) is 78.9 Å². The summed E-state index contributed by atoms with van der Waals surface area (Å²) in [6.07, 6.45) is 0.779. The van der Waals surface area contributed by atoms with E-state index in [2.05, 4.69) is 79.7 Å². The van der Waals surface area contributed by atoms with Crippen molar-refractivity contribution >= 4 is 16.4 Å². The van der Waals surface area contributed by atoms with E-state index in [1.807, 2.05) is 17.5 Å².